The second kappa shape index (κ2) is 6.26. The summed E-state index contributed by atoms with van der Waals surface area (Å²) in [6.45, 7) is 2.03. The molecule has 0 heterocycles. The normalized spacial score (nSPS) is 10.4. The number of benzene rings is 2. The number of phenols is 1. The lowest BCUT2D eigenvalue weighted by molar-refractivity contribution is 0.102. The zero-order chi connectivity index (χ0) is 13.8. The molecule has 0 unspecified atom stereocenters. The number of carbonyl (C=O) groups excluding carboxylic acids is 1. The van der Waals surface area contributed by atoms with Crippen molar-refractivity contribution in [3.8, 4) is 5.75 Å². The average Bonchev–Trinajstić information content (AvgIpc) is 2.40. The molecule has 0 aliphatic heterocycles. The van der Waals surface area contributed by atoms with E-state index in [4.69, 9.17) is 0 Å². The van der Waals surface area contributed by atoms with Crippen LogP contribution in [-0.2, 0) is 0 Å². The lowest BCUT2D eigenvalue weighted by Crippen LogP contribution is -2.02. The van der Waals surface area contributed by atoms with Crippen molar-refractivity contribution in [1.29, 1.82) is 0 Å². The van der Waals surface area contributed by atoms with Crippen LogP contribution in [0.4, 0.5) is 0 Å². The second-order valence-corrected chi connectivity index (χ2v) is 6.15. The summed E-state index contributed by atoms with van der Waals surface area (Å²) < 4.78 is 0.786. The fraction of sp³-hybridized carbons (Fsp3) is 0.133. The van der Waals surface area contributed by atoms with Gasteiger partial charge in [0.1, 0.15) is 5.75 Å². The lowest BCUT2D eigenvalue weighted by Gasteiger charge is -2.05. The van der Waals surface area contributed by atoms with Gasteiger partial charge in [0.15, 0.2) is 5.78 Å². The molecule has 1 N–H and O–H groups in total. The average molecular weight is 337 g/mol. The highest BCUT2D eigenvalue weighted by molar-refractivity contribution is 9.10. The molecule has 2 aromatic carbocycles. The number of thioether (sulfide) groups is 1. The predicted octanol–water partition coefficient (Wildman–Crippen LogP) is 4.44. The molecule has 0 fully saturated rings. The Kier molecular flexibility index (Phi) is 4.66. The Hall–Kier alpha value is -1.26. The number of carbonyl (C=O) groups is 1. The number of aromatic hydroxyl groups is 1. The van der Waals surface area contributed by atoms with Crippen LogP contribution in [0.25, 0.3) is 0 Å². The molecule has 2 nitrogen and oxygen atoms in total. The number of hydrogen-bond acceptors (Lipinski definition) is 3. The minimum Gasteiger partial charge on any atom is -0.507 e. The van der Waals surface area contributed by atoms with Crippen LogP contribution in [0.15, 0.2) is 51.8 Å². The predicted molar refractivity (Wildman–Crippen MR) is 82.0 cm³/mol. The quantitative estimate of drug-likeness (QED) is 0.662. The van der Waals surface area contributed by atoms with E-state index in [1.165, 1.54) is 23.4 Å². The van der Waals surface area contributed by atoms with Gasteiger partial charge in [-0.25, -0.2) is 0 Å². The Balaban J connectivity index is 2.05. The van der Waals surface area contributed by atoms with Gasteiger partial charge in [0.2, 0.25) is 0 Å². The Bertz CT molecular complexity index is 594. The highest BCUT2D eigenvalue weighted by Gasteiger charge is 2.12. The maximum atomic E-state index is 12.1. The van der Waals surface area contributed by atoms with Gasteiger partial charge in [0.05, 0.1) is 11.3 Å². The van der Waals surface area contributed by atoms with E-state index in [2.05, 4.69) is 15.9 Å². The van der Waals surface area contributed by atoms with Gasteiger partial charge < -0.3 is 5.11 Å². The third-order valence-corrected chi connectivity index (χ3v) is 4.16. The summed E-state index contributed by atoms with van der Waals surface area (Å²) in [7, 11) is 0. The van der Waals surface area contributed by atoms with Crippen molar-refractivity contribution >= 4 is 33.5 Å². The van der Waals surface area contributed by atoms with Gasteiger partial charge in [-0.15, -0.1) is 11.8 Å². The molecule has 0 aliphatic carbocycles. The lowest BCUT2D eigenvalue weighted by atomic mass is 10.1. The summed E-state index contributed by atoms with van der Waals surface area (Å²) in [5.41, 5.74) is 1.55. The minimum absolute atomic E-state index is 0.0257. The Morgan fingerprint density at radius 2 is 1.89 bits per heavy atom. The smallest absolute Gasteiger partial charge is 0.176 e. The van der Waals surface area contributed by atoms with Crippen molar-refractivity contribution in [1.82, 2.24) is 0 Å². The van der Waals surface area contributed by atoms with Crippen molar-refractivity contribution in [2.45, 2.75) is 11.8 Å². The first-order chi connectivity index (χ1) is 9.06. The highest BCUT2D eigenvalue weighted by atomic mass is 79.9. The molecule has 0 bridgehead atoms. The number of Topliss-reactive ketones (excluding diaryl/α,β-unsaturated/α-hetero) is 1. The number of aryl methyl sites for hydroxylation is 1. The molecule has 0 aliphatic rings. The molecule has 19 heavy (non-hydrogen) atoms. The molecule has 4 heteroatoms. The summed E-state index contributed by atoms with van der Waals surface area (Å²) in [4.78, 5) is 13.1. The summed E-state index contributed by atoms with van der Waals surface area (Å²) in [5, 5.41) is 9.69. The van der Waals surface area contributed by atoms with E-state index in [0.717, 1.165) is 9.37 Å². The van der Waals surface area contributed by atoms with Gasteiger partial charge in [0, 0.05) is 9.37 Å². The van der Waals surface area contributed by atoms with Crippen LogP contribution in [0.5, 0.6) is 5.75 Å². The molecule has 2 aromatic rings. The molecule has 2 rings (SSSR count). The highest BCUT2D eigenvalue weighted by Crippen LogP contribution is 2.25. The van der Waals surface area contributed by atoms with E-state index in [0.29, 0.717) is 11.3 Å². The minimum atomic E-state index is -0.0793. The zero-order valence-electron chi connectivity index (χ0n) is 10.4. The van der Waals surface area contributed by atoms with Crippen LogP contribution in [0.1, 0.15) is 15.9 Å². The molecule has 0 saturated carbocycles. The van der Waals surface area contributed by atoms with Crippen molar-refractivity contribution < 1.29 is 9.90 Å². The van der Waals surface area contributed by atoms with Gasteiger partial charge in [-0.1, -0.05) is 33.6 Å². The van der Waals surface area contributed by atoms with Gasteiger partial charge in [-0.3, -0.25) is 4.79 Å². The molecule has 0 amide bonds. The first-order valence-corrected chi connectivity index (χ1v) is 7.55. The van der Waals surface area contributed by atoms with Crippen LogP contribution < -0.4 is 0 Å². The van der Waals surface area contributed by atoms with Crippen molar-refractivity contribution in [3.05, 3.63) is 58.1 Å². The van der Waals surface area contributed by atoms with Gasteiger partial charge >= 0.3 is 0 Å². The Morgan fingerprint density at radius 3 is 2.58 bits per heavy atom. The second-order valence-electron chi connectivity index (χ2n) is 4.19. The summed E-state index contributed by atoms with van der Waals surface area (Å²) >= 11 is 4.77. The van der Waals surface area contributed by atoms with Crippen LogP contribution in [0.2, 0.25) is 0 Å². The number of halogens is 1. The molecule has 0 atom stereocenters. The van der Waals surface area contributed by atoms with Gasteiger partial charge in [0.25, 0.3) is 0 Å². The fourth-order valence-corrected chi connectivity index (χ4v) is 2.74. The van der Waals surface area contributed by atoms with Gasteiger partial charge in [-0.2, -0.15) is 0 Å². The Morgan fingerprint density at radius 1 is 1.21 bits per heavy atom. The first-order valence-electron chi connectivity index (χ1n) is 5.77. The van der Waals surface area contributed by atoms with E-state index < -0.39 is 0 Å². The molecule has 0 aromatic heterocycles. The van der Waals surface area contributed by atoms with Crippen LogP contribution in [0, 0.1) is 6.92 Å². The molecule has 98 valence electrons. The van der Waals surface area contributed by atoms with E-state index in [9.17, 15) is 9.90 Å². The maximum absolute atomic E-state index is 12.1. The molecular formula is C15H13BrO2S. The largest absolute Gasteiger partial charge is 0.507 e. The van der Waals surface area contributed by atoms with Crippen LogP contribution in [-0.4, -0.2) is 16.6 Å². The van der Waals surface area contributed by atoms with E-state index >= 15 is 0 Å². The van der Waals surface area contributed by atoms with E-state index in [1.807, 2.05) is 31.2 Å². The van der Waals surface area contributed by atoms with Crippen LogP contribution >= 0.6 is 27.7 Å². The fourth-order valence-electron chi connectivity index (χ4n) is 1.59. The number of rotatable bonds is 4. The summed E-state index contributed by atoms with van der Waals surface area (Å²) in [6, 6.07) is 12.9. The Labute approximate surface area is 125 Å². The van der Waals surface area contributed by atoms with Crippen molar-refractivity contribution in [2.24, 2.45) is 0 Å². The zero-order valence-corrected chi connectivity index (χ0v) is 12.8. The number of ketones is 1. The third-order valence-electron chi connectivity index (χ3n) is 2.65. The molecule has 0 spiro atoms. The van der Waals surface area contributed by atoms with Crippen molar-refractivity contribution in [2.75, 3.05) is 5.75 Å². The molecule has 0 saturated heterocycles. The summed E-state index contributed by atoms with van der Waals surface area (Å²) in [5.74, 6) is 0.259. The molecular weight excluding hydrogens is 324 g/mol. The third kappa shape index (κ3) is 3.85. The first kappa shape index (κ1) is 14.2. The van der Waals surface area contributed by atoms with E-state index in [-0.39, 0.29) is 11.5 Å². The molecule has 0 radical (unpaired) electrons. The van der Waals surface area contributed by atoms with Crippen LogP contribution in [0.3, 0.4) is 0 Å². The van der Waals surface area contributed by atoms with Crippen molar-refractivity contribution in [3.63, 3.8) is 0 Å². The maximum Gasteiger partial charge on any atom is 0.176 e. The number of phenolic OH excluding ortho intramolecular Hbond substituents is 1. The van der Waals surface area contributed by atoms with E-state index in [1.54, 1.807) is 12.1 Å². The SMILES string of the molecule is Cc1ccc(SCC(=O)c2cc(Br)ccc2O)cc1. The topological polar surface area (TPSA) is 37.3 Å². The van der Waals surface area contributed by atoms with Gasteiger partial charge in [-0.05, 0) is 37.3 Å². The number of hydrogen-bond donors (Lipinski definition) is 1. The monoisotopic (exact) mass is 336 g/mol. The standard InChI is InChI=1S/C15H13BrO2S/c1-10-2-5-12(6-3-10)19-9-15(18)13-8-11(16)4-7-14(13)17/h2-8,17H,9H2,1H3. The summed E-state index contributed by atoms with van der Waals surface area (Å²) in [6.07, 6.45) is 0.